The maximum atomic E-state index is 12.5. The Morgan fingerprint density at radius 1 is 1.20 bits per heavy atom. The molecule has 1 N–H and O–H groups in total. The summed E-state index contributed by atoms with van der Waals surface area (Å²) in [6.45, 7) is 6.94. The van der Waals surface area contributed by atoms with E-state index in [0.29, 0.717) is 42.2 Å². The average molecular weight is 431 g/mol. The molecule has 0 aliphatic heterocycles. The van der Waals surface area contributed by atoms with Gasteiger partial charge in [-0.1, -0.05) is 6.07 Å². The zero-order chi connectivity index (χ0) is 21.5. The number of anilines is 1. The molecule has 0 fully saturated rings. The highest BCUT2D eigenvalue weighted by Crippen LogP contribution is 2.31. The fourth-order valence-electron chi connectivity index (χ4n) is 2.78. The molecule has 2 aromatic heterocycles. The predicted molar refractivity (Wildman–Crippen MR) is 116 cm³/mol. The Balaban J connectivity index is 1.60. The number of carbonyl (C=O) groups is 1. The van der Waals surface area contributed by atoms with Crippen molar-refractivity contribution in [1.82, 2.24) is 15.1 Å². The van der Waals surface area contributed by atoms with Crippen LogP contribution in [0, 0.1) is 0 Å². The number of amides is 1. The second kappa shape index (κ2) is 10.2. The van der Waals surface area contributed by atoms with E-state index in [1.165, 1.54) is 11.3 Å². The first-order chi connectivity index (χ1) is 14.5. The van der Waals surface area contributed by atoms with Crippen LogP contribution in [-0.2, 0) is 4.79 Å². The molecule has 8 nitrogen and oxygen atoms in total. The third-order valence-electron chi connectivity index (χ3n) is 4.41. The van der Waals surface area contributed by atoms with Crippen molar-refractivity contribution in [2.75, 3.05) is 32.1 Å². The molecule has 0 bridgehead atoms. The summed E-state index contributed by atoms with van der Waals surface area (Å²) < 4.78 is 16.9. The van der Waals surface area contributed by atoms with Crippen LogP contribution in [0.25, 0.3) is 10.8 Å². The first-order valence-corrected chi connectivity index (χ1v) is 10.7. The van der Waals surface area contributed by atoms with E-state index < -0.39 is 0 Å². The molecular formula is C21H26N4O4S. The van der Waals surface area contributed by atoms with Gasteiger partial charge in [-0.25, -0.2) is 0 Å². The van der Waals surface area contributed by atoms with Crippen LogP contribution in [0.1, 0.15) is 32.7 Å². The van der Waals surface area contributed by atoms with Crippen LogP contribution in [0.5, 0.6) is 11.5 Å². The lowest BCUT2D eigenvalue weighted by atomic mass is 10.2. The highest BCUT2D eigenvalue weighted by Gasteiger charge is 2.21. The second-order valence-corrected chi connectivity index (χ2v) is 7.54. The Kier molecular flexibility index (Phi) is 7.42. The van der Waals surface area contributed by atoms with Crippen LogP contribution in [-0.4, -0.2) is 47.8 Å². The van der Waals surface area contributed by atoms with E-state index in [0.717, 1.165) is 4.88 Å². The SMILES string of the molecule is CCOc1ccc(NC(=O)CN(C)[C@@H](C)c2nnc(-c3cccs3)o2)cc1OCC. The molecule has 3 aromatic rings. The minimum Gasteiger partial charge on any atom is -0.490 e. The Bertz CT molecular complexity index is 958. The lowest BCUT2D eigenvalue weighted by Gasteiger charge is -2.21. The molecular weight excluding hydrogens is 404 g/mol. The largest absolute Gasteiger partial charge is 0.490 e. The van der Waals surface area contributed by atoms with Gasteiger partial charge >= 0.3 is 0 Å². The highest BCUT2D eigenvalue weighted by molar-refractivity contribution is 7.13. The van der Waals surface area contributed by atoms with Crippen molar-refractivity contribution < 1.29 is 18.7 Å². The summed E-state index contributed by atoms with van der Waals surface area (Å²) in [5.74, 6) is 2.05. The summed E-state index contributed by atoms with van der Waals surface area (Å²) in [7, 11) is 1.84. The maximum Gasteiger partial charge on any atom is 0.257 e. The van der Waals surface area contributed by atoms with Crippen LogP contribution in [0.2, 0.25) is 0 Å². The van der Waals surface area contributed by atoms with E-state index in [4.69, 9.17) is 13.9 Å². The van der Waals surface area contributed by atoms with Gasteiger partial charge < -0.3 is 19.2 Å². The molecule has 2 heterocycles. The molecule has 0 unspecified atom stereocenters. The standard InChI is InChI=1S/C21H26N4O4S/c1-5-27-16-10-9-15(12-17(16)28-6-2)22-19(26)13-25(4)14(3)20-23-24-21(29-20)18-8-7-11-30-18/h7-12,14H,5-6,13H2,1-4H3,(H,22,26)/t14-/m0/s1. The van der Waals surface area contributed by atoms with Crippen molar-refractivity contribution in [3.63, 3.8) is 0 Å². The molecule has 0 aliphatic carbocycles. The average Bonchev–Trinajstić information content (AvgIpc) is 3.41. The van der Waals surface area contributed by atoms with Crippen molar-refractivity contribution >= 4 is 22.9 Å². The van der Waals surface area contributed by atoms with Gasteiger partial charge in [0.05, 0.1) is 30.7 Å². The molecule has 9 heteroatoms. The van der Waals surface area contributed by atoms with Gasteiger partial charge in [0, 0.05) is 11.8 Å². The van der Waals surface area contributed by atoms with Crippen molar-refractivity contribution in [2.24, 2.45) is 0 Å². The normalized spacial score (nSPS) is 12.0. The summed E-state index contributed by atoms with van der Waals surface area (Å²) in [4.78, 5) is 15.3. The Morgan fingerprint density at radius 3 is 2.67 bits per heavy atom. The first kappa shape index (κ1) is 21.8. The quantitative estimate of drug-likeness (QED) is 0.515. The Hall–Kier alpha value is -2.91. The summed E-state index contributed by atoms with van der Waals surface area (Å²) in [5, 5.41) is 13.1. The number of likely N-dealkylation sites (N-methyl/N-ethyl adjacent to an activating group) is 1. The lowest BCUT2D eigenvalue weighted by Crippen LogP contribution is -2.32. The summed E-state index contributed by atoms with van der Waals surface area (Å²) in [6, 6.07) is 9.00. The smallest absolute Gasteiger partial charge is 0.257 e. The van der Waals surface area contributed by atoms with Crippen molar-refractivity contribution in [2.45, 2.75) is 26.8 Å². The molecule has 30 heavy (non-hydrogen) atoms. The van der Waals surface area contributed by atoms with Gasteiger partial charge in [-0.2, -0.15) is 0 Å². The van der Waals surface area contributed by atoms with Crippen molar-refractivity contribution in [3.8, 4) is 22.3 Å². The highest BCUT2D eigenvalue weighted by atomic mass is 32.1. The fraction of sp³-hybridized carbons (Fsp3) is 0.381. The number of nitrogens with one attached hydrogen (secondary N) is 1. The number of hydrogen-bond donors (Lipinski definition) is 1. The van der Waals surface area contributed by atoms with E-state index >= 15 is 0 Å². The number of ether oxygens (including phenoxy) is 2. The zero-order valence-corrected chi connectivity index (χ0v) is 18.4. The van der Waals surface area contributed by atoms with Gasteiger partial charge in [-0.3, -0.25) is 9.69 Å². The lowest BCUT2D eigenvalue weighted by molar-refractivity contribution is -0.117. The molecule has 0 saturated heterocycles. The molecule has 0 saturated carbocycles. The summed E-state index contributed by atoms with van der Waals surface area (Å²) in [5.41, 5.74) is 0.644. The number of benzene rings is 1. The molecule has 1 atom stereocenters. The van der Waals surface area contributed by atoms with Crippen molar-refractivity contribution in [1.29, 1.82) is 0 Å². The predicted octanol–water partition coefficient (Wildman–Crippen LogP) is 4.23. The minimum absolute atomic E-state index is 0.158. The molecule has 3 rings (SSSR count). The Labute approximate surface area is 179 Å². The van der Waals surface area contributed by atoms with Gasteiger partial charge in [0.25, 0.3) is 5.89 Å². The van der Waals surface area contributed by atoms with Gasteiger partial charge in [-0.05, 0) is 51.4 Å². The van der Waals surface area contributed by atoms with E-state index in [-0.39, 0.29) is 18.5 Å². The molecule has 1 aromatic carbocycles. The molecule has 0 aliphatic rings. The van der Waals surface area contributed by atoms with Gasteiger partial charge in [0.15, 0.2) is 11.5 Å². The van der Waals surface area contributed by atoms with Crippen LogP contribution >= 0.6 is 11.3 Å². The molecule has 1 amide bonds. The number of hydrogen-bond acceptors (Lipinski definition) is 8. The van der Waals surface area contributed by atoms with Crippen LogP contribution in [0.3, 0.4) is 0 Å². The van der Waals surface area contributed by atoms with Crippen molar-refractivity contribution in [3.05, 3.63) is 41.6 Å². The monoisotopic (exact) mass is 430 g/mol. The zero-order valence-electron chi connectivity index (χ0n) is 17.5. The van der Waals surface area contributed by atoms with E-state index in [2.05, 4.69) is 15.5 Å². The van der Waals surface area contributed by atoms with E-state index in [1.54, 1.807) is 18.2 Å². The Morgan fingerprint density at radius 2 is 1.97 bits per heavy atom. The molecule has 0 radical (unpaired) electrons. The maximum absolute atomic E-state index is 12.5. The van der Waals surface area contributed by atoms with Crippen LogP contribution < -0.4 is 14.8 Å². The molecule has 160 valence electrons. The molecule has 0 spiro atoms. The number of carbonyl (C=O) groups excluding carboxylic acids is 1. The minimum atomic E-state index is -0.212. The van der Waals surface area contributed by atoms with Gasteiger partial charge in [0.1, 0.15) is 0 Å². The topological polar surface area (TPSA) is 89.7 Å². The fourth-order valence-corrected chi connectivity index (χ4v) is 3.43. The van der Waals surface area contributed by atoms with E-state index in [9.17, 15) is 4.79 Å². The van der Waals surface area contributed by atoms with E-state index in [1.807, 2.05) is 50.2 Å². The summed E-state index contributed by atoms with van der Waals surface area (Å²) >= 11 is 1.54. The third-order valence-corrected chi connectivity index (χ3v) is 5.27. The van der Waals surface area contributed by atoms with Gasteiger partial charge in [0.2, 0.25) is 11.8 Å². The first-order valence-electron chi connectivity index (χ1n) is 9.78. The summed E-state index contributed by atoms with van der Waals surface area (Å²) in [6.07, 6.45) is 0. The number of rotatable bonds is 10. The van der Waals surface area contributed by atoms with Gasteiger partial charge in [-0.15, -0.1) is 21.5 Å². The third kappa shape index (κ3) is 5.37. The van der Waals surface area contributed by atoms with Crippen LogP contribution in [0.15, 0.2) is 40.1 Å². The second-order valence-electron chi connectivity index (χ2n) is 6.59. The number of aromatic nitrogens is 2. The number of thiophene rings is 1. The number of nitrogens with zero attached hydrogens (tertiary/aromatic N) is 3. The van der Waals surface area contributed by atoms with Crippen LogP contribution in [0.4, 0.5) is 5.69 Å².